The Kier molecular flexibility index (Phi) is 68.7. The Bertz CT molecular complexity index is 8.00. The van der Waals surface area contributed by atoms with Gasteiger partial charge in [0.15, 0.2) is 0 Å². The minimum atomic E-state index is 0. The molecule has 0 aliphatic carbocycles. The van der Waals surface area contributed by atoms with E-state index in [1.54, 1.807) is 0 Å². The Morgan fingerprint density at radius 2 is 1.25 bits per heavy atom. The summed E-state index contributed by atoms with van der Waals surface area (Å²) in [6.07, 6.45) is 0. The molecule has 0 aromatic rings. The van der Waals surface area contributed by atoms with E-state index in [-0.39, 0.29) is 86.6 Å². The van der Waals surface area contributed by atoms with Crippen molar-refractivity contribution in [2.75, 3.05) is 0 Å². The van der Waals surface area contributed by atoms with Gasteiger partial charge in [-0.15, -0.1) is 0 Å². The monoisotopic (exact) mass is 209 g/mol. The average molecular weight is 208 g/mol. The average Bonchev–Trinajstić information content (AvgIpc) is 1.00. The quantitative estimate of drug-likeness (QED) is 0.408. The Morgan fingerprint density at radius 3 is 1.25 bits per heavy atom. The van der Waals surface area contributed by atoms with Crippen molar-refractivity contribution in [3.8, 4) is 0 Å². The van der Waals surface area contributed by atoms with Crippen molar-refractivity contribution < 1.29 is 4.70 Å². The molecule has 0 unspecified atom stereocenters. The van der Waals surface area contributed by atoms with Gasteiger partial charge in [0.25, 0.3) is 0 Å². The van der Waals surface area contributed by atoms with Crippen LogP contribution >= 0.6 is 0 Å². The molecule has 1 nitrogen and oxygen atoms in total. The van der Waals surface area contributed by atoms with Crippen LogP contribution in [0, 0.1) is 0 Å². The summed E-state index contributed by atoms with van der Waals surface area (Å²) in [6, 6.07) is 0. The molecule has 0 fully saturated rings. The molecular formula is H4BBaCaO. The van der Waals surface area contributed by atoms with Crippen LogP contribution in [0.4, 0.5) is 0 Å². The SMILES string of the molecule is [B]=O.[BaH2].[CaH2]. The molecule has 1 radical (unpaired) electrons. The summed E-state index contributed by atoms with van der Waals surface area (Å²) in [7, 11) is 3.25. The number of hydrogen-bond donors (Lipinski definition) is 0. The first kappa shape index (κ1) is 15.9. The van der Waals surface area contributed by atoms with Crippen molar-refractivity contribution in [1.82, 2.24) is 0 Å². The van der Waals surface area contributed by atoms with Crippen LogP contribution in [0.3, 0.4) is 0 Å². The number of hydrogen-bond acceptors (Lipinski definition) is 1. The molecule has 0 bridgehead atoms. The van der Waals surface area contributed by atoms with E-state index in [4.69, 9.17) is 4.70 Å². The molecule has 0 aliphatic rings. The van der Waals surface area contributed by atoms with E-state index in [1.165, 1.54) is 0 Å². The van der Waals surface area contributed by atoms with Gasteiger partial charge in [-0.3, -0.25) is 0 Å². The van der Waals surface area contributed by atoms with E-state index < -0.39 is 0 Å². The van der Waals surface area contributed by atoms with Crippen LogP contribution in [0.5, 0.6) is 0 Å². The Balaban J connectivity index is -0.00000000500. The molecule has 0 aliphatic heterocycles. The van der Waals surface area contributed by atoms with Crippen LogP contribution in [0.1, 0.15) is 0 Å². The molecule has 0 saturated carbocycles. The second-order valence-electron chi connectivity index (χ2n) is 0. The first-order chi connectivity index (χ1) is 1.00. The second-order valence-corrected chi connectivity index (χ2v) is 0. The first-order valence-corrected chi connectivity index (χ1v) is 0.236. The van der Waals surface area contributed by atoms with Crippen molar-refractivity contribution >= 4 is 94.3 Å². The molecule has 0 heterocycles. The first-order valence-electron chi connectivity index (χ1n) is 0.236. The summed E-state index contributed by atoms with van der Waals surface area (Å²) in [5.41, 5.74) is 0. The van der Waals surface area contributed by atoms with E-state index in [0.29, 0.717) is 0 Å². The maximum atomic E-state index is 7.75. The molecule has 0 saturated heterocycles. The van der Waals surface area contributed by atoms with Gasteiger partial charge in [0.05, 0.1) is 0 Å². The third-order valence-corrected chi connectivity index (χ3v) is 0. The van der Waals surface area contributed by atoms with Gasteiger partial charge in [-0.2, -0.15) is 0 Å². The summed E-state index contributed by atoms with van der Waals surface area (Å²) in [5, 5.41) is 0. The fourth-order valence-electron chi connectivity index (χ4n) is 0. The maximum absolute atomic E-state index is 7.75. The van der Waals surface area contributed by atoms with Crippen molar-refractivity contribution in [2.45, 2.75) is 0 Å². The summed E-state index contributed by atoms with van der Waals surface area (Å²) in [4.78, 5) is 0. The van der Waals surface area contributed by atoms with Gasteiger partial charge in [0, 0.05) is 0 Å². The molecule has 4 heavy (non-hydrogen) atoms. The zero-order valence-corrected chi connectivity index (χ0v) is 0.986. The predicted octanol–water partition coefficient (Wildman–Crippen LogP) is -2.33. The molecule has 4 heteroatoms. The minimum absolute atomic E-state index is 0. The summed E-state index contributed by atoms with van der Waals surface area (Å²) in [6.45, 7) is 0. The van der Waals surface area contributed by atoms with Crippen LogP contribution in [-0.4, -0.2) is 94.3 Å². The molecular weight excluding hydrogens is 204 g/mol. The Hall–Kier alpha value is 2.70. The fourth-order valence-corrected chi connectivity index (χ4v) is 0. The van der Waals surface area contributed by atoms with Crippen molar-refractivity contribution in [3.05, 3.63) is 0 Å². The summed E-state index contributed by atoms with van der Waals surface area (Å²) in [5.74, 6) is 0. The molecule has 0 aromatic heterocycles. The third-order valence-electron chi connectivity index (χ3n) is 0. The van der Waals surface area contributed by atoms with Gasteiger partial charge >= 0.3 is 99.0 Å². The van der Waals surface area contributed by atoms with Gasteiger partial charge < -0.3 is 0 Å². The van der Waals surface area contributed by atoms with E-state index in [1.807, 2.05) is 0 Å². The van der Waals surface area contributed by atoms with Crippen molar-refractivity contribution in [2.24, 2.45) is 0 Å². The fraction of sp³-hybridized carbons (Fsp3) is 0. The van der Waals surface area contributed by atoms with Gasteiger partial charge in [-0.05, 0) is 0 Å². The van der Waals surface area contributed by atoms with Crippen LogP contribution in [0.15, 0.2) is 0 Å². The molecule has 0 amide bonds. The molecule has 0 N–H and O–H groups in total. The third kappa shape index (κ3) is 8.83. The van der Waals surface area contributed by atoms with Gasteiger partial charge in [-0.1, -0.05) is 0 Å². The topological polar surface area (TPSA) is 17.1 Å². The zero-order valence-electron chi connectivity index (χ0n) is 0.986. The van der Waals surface area contributed by atoms with Gasteiger partial charge in [-0.25, -0.2) is 0 Å². The predicted molar refractivity (Wildman–Crippen MR) is 23.5 cm³/mol. The van der Waals surface area contributed by atoms with Crippen molar-refractivity contribution in [3.63, 3.8) is 0 Å². The standard InChI is InChI=1S/BO.Ba.Ca.4H/c1-2;;;;;;. The van der Waals surface area contributed by atoms with Crippen LogP contribution < -0.4 is 0 Å². The zero-order chi connectivity index (χ0) is 2.00. The number of rotatable bonds is 0. The van der Waals surface area contributed by atoms with Gasteiger partial charge in [0.2, 0.25) is 0 Å². The van der Waals surface area contributed by atoms with Crippen molar-refractivity contribution in [1.29, 1.82) is 0 Å². The van der Waals surface area contributed by atoms with Crippen LogP contribution in [0.25, 0.3) is 0 Å². The van der Waals surface area contributed by atoms with Crippen LogP contribution in [-0.2, 0) is 4.70 Å². The molecule has 0 spiro atoms. The van der Waals surface area contributed by atoms with E-state index in [9.17, 15) is 0 Å². The molecule has 0 aromatic carbocycles. The molecule has 0 rings (SSSR count). The van der Waals surface area contributed by atoms with Gasteiger partial charge in [0.1, 0.15) is 0 Å². The normalized spacial score (nSPS) is 0.750. The second kappa shape index (κ2) is 17.3. The van der Waals surface area contributed by atoms with E-state index in [2.05, 4.69) is 7.72 Å². The summed E-state index contributed by atoms with van der Waals surface area (Å²) < 4.78 is 7.75. The van der Waals surface area contributed by atoms with E-state index in [0.717, 1.165) is 0 Å². The Morgan fingerprint density at radius 1 is 1.25 bits per heavy atom. The molecule has 17 valence electrons. The molecule has 0 atom stereocenters. The summed E-state index contributed by atoms with van der Waals surface area (Å²) >= 11 is 0. The Labute approximate surface area is 96.4 Å². The van der Waals surface area contributed by atoms with Crippen LogP contribution in [0.2, 0.25) is 0 Å². The van der Waals surface area contributed by atoms with E-state index >= 15 is 0 Å².